The highest BCUT2D eigenvalue weighted by Gasteiger charge is 2.62. The Balaban J connectivity index is 1.17. The molecule has 4 bridgehead atoms. The van der Waals surface area contributed by atoms with Gasteiger partial charge in [-0.25, -0.2) is 0 Å². The van der Waals surface area contributed by atoms with E-state index in [1.54, 1.807) is 0 Å². The third kappa shape index (κ3) is 1.89. The Morgan fingerprint density at radius 3 is 1.96 bits per heavy atom. The van der Waals surface area contributed by atoms with Gasteiger partial charge < -0.3 is 9.80 Å². The number of piperidine rings is 2. The van der Waals surface area contributed by atoms with Crippen LogP contribution in [0.15, 0.2) is 18.2 Å². The first-order valence-electron chi connectivity index (χ1n) is 10.8. The molecule has 1 aromatic carbocycles. The molecule has 27 heavy (non-hydrogen) atoms. The van der Waals surface area contributed by atoms with E-state index in [2.05, 4.69) is 9.80 Å². The molecule has 6 aliphatic rings. The van der Waals surface area contributed by atoms with Crippen molar-refractivity contribution >= 4 is 11.8 Å². The van der Waals surface area contributed by atoms with Crippen LogP contribution >= 0.6 is 0 Å². The SMILES string of the molecule is Cc1ccc(C(=O)N2C[C@@H]3C[C@H]2[C@H]2C[C@@H]32)cc1C(=O)N1C[C@@H]2C[C@H]1[C@H]1C[C@@H]21. The molecule has 0 unspecified atom stereocenters. The van der Waals surface area contributed by atoms with Gasteiger partial charge in [-0.15, -0.1) is 0 Å². The summed E-state index contributed by atoms with van der Waals surface area (Å²) in [6, 6.07) is 6.73. The van der Waals surface area contributed by atoms with Crippen molar-refractivity contribution in [2.75, 3.05) is 13.1 Å². The molecule has 2 saturated heterocycles. The molecule has 6 fully saturated rings. The molecule has 4 saturated carbocycles. The van der Waals surface area contributed by atoms with E-state index in [1.807, 2.05) is 25.1 Å². The van der Waals surface area contributed by atoms with E-state index in [0.29, 0.717) is 17.6 Å². The summed E-state index contributed by atoms with van der Waals surface area (Å²) < 4.78 is 0. The van der Waals surface area contributed by atoms with Crippen LogP contribution in [0.5, 0.6) is 0 Å². The first kappa shape index (κ1) is 15.1. The van der Waals surface area contributed by atoms with E-state index in [1.165, 1.54) is 25.7 Å². The zero-order chi connectivity index (χ0) is 18.0. The molecular weight excluding hydrogens is 336 g/mol. The molecule has 4 aliphatic carbocycles. The van der Waals surface area contributed by atoms with Gasteiger partial charge in [0.2, 0.25) is 0 Å². The molecule has 7 rings (SSSR count). The predicted octanol–water partition coefficient (Wildman–Crippen LogP) is 2.96. The highest BCUT2D eigenvalue weighted by Crippen LogP contribution is 2.62. The Morgan fingerprint density at radius 1 is 0.815 bits per heavy atom. The molecule has 0 radical (unpaired) electrons. The minimum Gasteiger partial charge on any atom is -0.335 e. The molecule has 4 heteroatoms. The lowest BCUT2D eigenvalue weighted by Gasteiger charge is -2.29. The van der Waals surface area contributed by atoms with E-state index in [-0.39, 0.29) is 11.8 Å². The smallest absolute Gasteiger partial charge is 0.254 e. The van der Waals surface area contributed by atoms with Crippen LogP contribution < -0.4 is 0 Å². The number of nitrogens with zero attached hydrogens (tertiary/aromatic N) is 2. The van der Waals surface area contributed by atoms with Crippen molar-refractivity contribution in [1.29, 1.82) is 0 Å². The Labute approximate surface area is 159 Å². The number of hydrogen-bond donors (Lipinski definition) is 0. The zero-order valence-corrected chi connectivity index (χ0v) is 15.8. The standard InChI is InChI=1S/C23H26N2O2/c1-11-2-3-12(22(26)24-9-13-5-20(24)18-7-16(13)18)4-15(11)23(27)25-10-14-6-21(25)19-8-17(14)19/h2-4,13-14,16-21H,5-10H2,1H3/t13-,14-,16-,17-,18-,19-,20-,21-/m0/s1. The molecular formula is C23H26N2O2. The van der Waals surface area contributed by atoms with E-state index in [4.69, 9.17) is 0 Å². The molecule has 140 valence electrons. The Hall–Kier alpha value is -1.84. The summed E-state index contributed by atoms with van der Waals surface area (Å²) in [7, 11) is 0. The minimum atomic E-state index is 0.145. The molecule has 0 spiro atoms. The van der Waals surface area contributed by atoms with E-state index in [0.717, 1.165) is 59.7 Å². The van der Waals surface area contributed by atoms with Crippen LogP contribution in [0.25, 0.3) is 0 Å². The minimum absolute atomic E-state index is 0.145. The maximum Gasteiger partial charge on any atom is 0.254 e. The normalized spacial score (nSPS) is 44.5. The summed E-state index contributed by atoms with van der Waals surface area (Å²) in [5, 5.41) is 0. The summed E-state index contributed by atoms with van der Waals surface area (Å²) >= 11 is 0. The Bertz CT molecular complexity index is 894. The van der Waals surface area contributed by atoms with Gasteiger partial charge in [0, 0.05) is 36.3 Å². The molecule has 2 amide bonds. The average Bonchev–Trinajstić information content (AvgIpc) is 3.51. The van der Waals surface area contributed by atoms with Crippen LogP contribution in [0.4, 0.5) is 0 Å². The summed E-state index contributed by atoms with van der Waals surface area (Å²) in [4.78, 5) is 30.7. The molecule has 8 atom stereocenters. The fourth-order valence-electron chi connectivity index (χ4n) is 7.45. The van der Waals surface area contributed by atoms with Gasteiger partial charge in [-0.05, 0) is 85.8 Å². The van der Waals surface area contributed by atoms with Gasteiger partial charge in [0.25, 0.3) is 11.8 Å². The van der Waals surface area contributed by atoms with Crippen molar-refractivity contribution in [3.63, 3.8) is 0 Å². The number of amides is 2. The van der Waals surface area contributed by atoms with Gasteiger partial charge in [-0.3, -0.25) is 9.59 Å². The molecule has 4 nitrogen and oxygen atoms in total. The lowest BCUT2D eigenvalue weighted by Crippen LogP contribution is -2.40. The van der Waals surface area contributed by atoms with Crippen molar-refractivity contribution in [1.82, 2.24) is 9.80 Å². The van der Waals surface area contributed by atoms with Crippen LogP contribution in [-0.2, 0) is 0 Å². The largest absolute Gasteiger partial charge is 0.335 e. The number of hydrogen-bond acceptors (Lipinski definition) is 2. The quantitative estimate of drug-likeness (QED) is 0.812. The number of carbonyl (C=O) groups excluding carboxylic acids is 2. The summed E-state index contributed by atoms with van der Waals surface area (Å²) in [6.07, 6.45) is 5.07. The molecule has 2 heterocycles. The second-order valence-electron chi connectivity index (χ2n) is 10.2. The van der Waals surface area contributed by atoms with Crippen LogP contribution in [0, 0.1) is 42.4 Å². The number of likely N-dealkylation sites (tertiary alicyclic amines) is 2. The fraction of sp³-hybridized carbons (Fsp3) is 0.652. The highest BCUT2D eigenvalue weighted by atomic mass is 16.2. The van der Waals surface area contributed by atoms with Crippen LogP contribution in [0.3, 0.4) is 0 Å². The van der Waals surface area contributed by atoms with Crippen molar-refractivity contribution in [2.24, 2.45) is 35.5 Å². The van der Waals surface area contributed by atoms with Gasteiger partial charge in [0.05, 0.1) is 0 Å². The summed E-state index contributed by atoms with van der Waals surface area (Å²) in [5.41, 5.74) is 2.46. The number of carbonyl (C=O) groups is 2. The topological polar surface area (TPSA) is 40.6 Å². The van der Waals surface area contributed by atoms with Crippen LogP contribution in [0.2, 0.25) is 0 Å². The molecule has 0 aromatic heterocycles. The summed E-state index contributed by atoms with van der Waals surface area (Å²) in [5.74, 6) is 5.13. The predicted molar refractivity (Wildman–Crippen MR) is 100 cm³/mol. The molecule has 2 aliphatic heterocycles. The average molecular weight is 362 g/mol. The highest BCUT2D eigenvalue weighted by molar-refractivity contribution is 6.01. The van der Waals surface area contributed by atoms with Gasteiger partial charge in [-0.1, -0.05) is 6.07 Å². The second kappa shape index (κ2) is 4.76. The number of rotatable bonds is 2. The van der Waals surface area contributed by atoms with Gasteiger partial charge in [0.1, 0.15) is 0 Å². The number of aryl methyl sites for hydroxylation is 1. The van der Waals surface area contributed by atoms with E-state index < -0.39 is 0 Å². The van der Waals surface area contributed by atoms with E-state index >= 15 is 0 Å². The molecule has 0 N–H and O–H groups in total. The van der Waals surface area contributed by atoms with Crippen molar-refractivity contribution in [3.8, 4) is 0 Å². The zero-order valence-electron chi connectivity index (χ0n) is 15.8. The fourth-order valence-corrected chi connectivity index (χ4v) is 7.45. The van der Waals surface area contributed by atoms with Crippen LogP contribution in [-0.4, -0.2) is 46.8 Å². The summed E-state index contributed by atoms with van der Waals surface area (Å²) in [6.45, 7) is 3.87. The van der Waals surface area contributed by atoms with Gasteiger partial charge in [0.15, 0.2) is 0 Å². The van der Waals surface area contributed by atoms with Gasteiger partial charge in [-0.2, -0.15) is 0 Å². The molecule has 1 aromatic rings. The van der Waals surface area contributed by atoms with Gasteiger partial charge >= 0.3 is 0 Å². The van der Waals surface area contributed by atoms with Crippen molar-refractivity contribution < 1.29 is 9.59 Å². The third-order valence-electron chi connectivity index (χ3n) is 8.97. The Morgan fingerprint density at radius 2 is 1.41 bits per heavy atom. The number of benzene rings is 1. The van der Waals surface area contributed by atoms with Crippen molar-refractivity contribution in [2.45, 2.75) is 44.7 Å². The third-order valence-corrected chi connectivity index (χ3v) is 8.97. The maximum absolute atomic E-state index is 13.3. The monoisotopic (exact) mass is 362 g/mol. The van der Waals surface area contributed by atoms with Crippen LogP contribution in [0.1, 0.15) is 52.0 Å². The first-order valence-corrected chi connectivity index (χ1v) is 10.8. The second-order valence-corrected chi connectivity index (χ2v) is 10.2. The Kier molecular flexibility index (Phi) is 2.67. The van der Waals surface area contributed by atoms with E-state index in [9.17, 15) is 9.59 Å². The maximum atomic E-state index is 13.3. The number of fused-ring (bicyclic) bond motifs is 10. The lowest BCUT2D eigenvalue weighted by atomic mass is 10.0. The van der Waals surface area contributed by atoms with Crippen molar-refractivity contribution in [3.05, 3.63) is 34.9 Å². The first-order chi connectivity index (χ1) is 13.1. The lowest BCUT2D eigenvalue weighted by molar-refractivity contribution is 0.0690.